The highest BCUT2D eigenvalue weighted by atomic mass is 35.5. The number of nitrogens with two attached hydrogens (primary N) is 1. The van der Waals surface area contributed by atoms with Gasteiger partial charge in [0.15, 0.2) is 11.5 Å². The average molecular weight is 305 g/mol. The molecule has 0 bridgehead atoms. The Hall–Kier alpha value is -2.14. The summed E-state index contributed by atoms with van der Waals surface area (Å²) in [6.07, 6.45) is 3.45. The second-order valence-electron chi connectivity index (χ2n) is 4.61. The van der Waals surface area contributed by atoms with Gasteiger partial charge in [-0.15, -0.1) is 0 Å². The number of hydrogen-bond acceptors (Lipinski definition) is 4. The van der Waals surface area contributed by atoms with Gasteiger partial charge in [0.1, 0.15) is 0 Å². The molecule has 3 N–H and O–H groups in total. The monoisotopic (exact) mass is 304 g/mol. The molecule has 1 aromatic heterocycles. The number of nitrogen functional groups attached to an aromatic ring is 1. The summed E-state index contributed by atoms with van der Waals surface area (Å²) in [5.74, 6) is -0.188. The molecule has 2 rings (SSSR count). The molecule has 110 valence electrons. The van der Waals surface area contributed by atoms with Crippen LogP contribution in [0, 0.1) is 0 Å². The van der Waals surface area contributed by atoms with Crippen molar-refractivity contribution in [3.63, 3.8) is 0 Å². The molecule has 5 nitrogen and oxygen atoms in total. The third-order valence-electron chi connectivity index (χ3n) is 2.95. The van der Waals surface area contributed by atoms with Crippen molar-refractivity contribution in [2.45, 2.75) is 19.8 Å². The van der Waals surface area contributed by atoms with Crippen LogP contribution < -0.4 is 11.1 Å². The van der Waals surface area contributed by atoms with Crippen LogP contribution in [0.25, 0.3) is 11.3 Å². The molecule has 1 aromatic carbocycles. The van der Waals surface area contributed by atoms with Crippen LogP contribution in [0.1, 0.15) is 30.3 Å². The summed E-state index contributed by atoms with van der Waals surface area (Å²) in [5.41, 5.74) is 7.24. The summed E-state index contributed by atoms with van der Waals surface area (Å²) in [7, 11) is 0. The van der Waals surface area contributed by atoms with Crippen LogP contribution in [0.2, 0.25) is 5.02 Å². The molecule has 1 heterocycles. The Morgan fingerprint density at radius 2 is 2.24 bits per heavy atom. The number of aromatic nitrogens is 2. The van der Waals surface area contributed by atoms with Crippen LogP contribution in [0.3, 0.4) is 0 Å². The number of hydrogen-bond donors (Lipinski definition) is 2. The zero-order chi connectivity index (χ0) is 15.2. The lowest BCUT2D eigenvalue weighted by Gasteiger charge is -2.08. The summed E-state index contributed by atoms with van der Waals surface area (Å²) in [4.78, 5) is 20.4. The first-order valence-electron chi connectivity index (χ1n) is 6.78. The highest BCUT2D eigenvalue weighted by Crippen LogP contribution is 2.21. The van der Waals surface area contributed by atoms with E-state index in [0.29, 0.717) is 17.3 Å². The number of anilines is 1. The molecule has 0 aliphatic carbocycles. The van der Waals surface area contributed by atoms with Crippen molar-refractivity contribution in [2.75, 3.05) is 12.3 Å². The molecule has 0 fully saturated rings. The minimum atomic E-state index is -0.308. The molecular weight excluding hydrogens is 288 g/mol. The predicted octanol–water partition coefficient (Wildman–Crippen LogP) is 2.91. The Labute approximate surface area is 128 Å². The maximum atomic E-state index is 12.1. The van der Waals surface area contributed by atoms with Crippen molar-refractivity contribution in [1.82, 2.24) is 15.3 Å². The fourth-order valence-corrected chi connectivity index (χ4v) is 2.01. The van der Waals surface area contributed by atoms with E-state index in [0.717, 1.165) is 18.4 Å². The lowest BCUT2D eigenvalue weighted by molar-refractivity contribution is 0.0949. The van der Waals surface area contributed by atoms with E-state index in [9.17, 15) is 4.79 Å². The van der Waals surface area contributed by atoms with Gasteiger partial charge >= 0.3 is 0 Å². The highest BCUT2D eigenvalue weighted by molar-refractivity contribution is 6.30. The number of nitrogens with zero attached hydrogens (tertiary/aromatic N) is 2. The molecule has 1 amide bonds. The van der Waals surface area contributed by atoms with E-state index >= 15 is 0 Å². The Morgan fingerprint density at radius 3 is 2.95 bits per heavy atom. The number of carbonyl (C=O) groups is 1. The molecule has 0 aliphatic heterocycles. The van der Waals surface area contributed by atoms with Gasteiger partial charge < -0.3 is 11.1 Å². The second-order valence-corrected chi connectivity index (χ2v) is 5.05. The van der Waals surface area contributed by atoms with Crippen LogP contribution in [0.15, 0.2) is 30.5 Å². The molecule has 0 aliphatic rings. The van der Waals surface area contributed by atoms with Gasteiger partial charge in [0.05, 0.1) is 11.9 Å². The smallest absolute Gasteiger partial charge is 0.273 e. The van der Waals surface area contributed by atoms with E-state index in [1.807, 2.05) is 12.1 Å². The first kappa shape index (κ1) is 15.3. The topological polar surface area (TPSA) is 80.9 Å². The van der Waals surface area contributed by atoms with Gasteiger partial charge in [0.25, 0.3) is 5.91 Å². The van der Waals surface area contributed by atoms with Gasteiger partial charge in [-0.1, -0.05) is 37.1 Å². The summed E-state index contributed by atoms with van der Waals surface area (Å²) in [6, 6.07) is 7.20. The maximum Gasteiger partial charge on any atom is 0.273 e. The average Bonchev–Trinajstić information content (AvgIpc) is 2.48. The van der Waals surface area contributed by atoms with E-state index in [-0.39, 0.29) is 17.4 Å². The van der Waals surface area contributed by atoms with Gasteiger partial charge in [-0.05, 0) is 18.6 Å². The lowest BCUT2D eigenvalue weighted by atomic mass is 10.1. The number of unbranched alkanes of at least 4 members (excludes halogenated alkanes) is 1. The fraction of sp³-hybridized carbons (Fsp3) is 0.267. The van der Waals surface area contributed by atoms with Crippen LogP contribution in [-0.4, -0.2) is 22.4 Å². The van der Waals surface area contributed by atoms with E-state index in [4.69, 9.17) is 17.3 Å². The number of halogens is 1. The summed E-state index contributed by atoms with van der Waals surface area (Å²) >= 11 is 5.96. The Kier molecular flexibility index (Phi) is 5.11. The van der Waals surface area contributed by atoms with Crippen molar-refractivity contribution in [3.05, 3.63) is 41.2 Å². The Morgan fingerprint density at radius 1 is 1.43 bits per heavy atom. The molecule has 6 heteroatoms. The summed E-state index contributed by atoms with van der Waals surface area (Å²) < 4.78 is 0. The van der Waals surface area contributed by atoms with Gasteiger partial charge in [0, 0.05) is 17.1 Å². The first-order valence-corrected chi connectivity index (χ1v) is 7.16. The number of benzene rings is 1. The quantitative estimate of drug-likeness (QED) is 0.832. The minimum Gasteiger partial charge on any atom is -0.382 e. The van der Waals surface area contributed by atoms with Crippen molar-refractivity contribution >= 4 is 23.3 Å². The van der Waals surface area contributed by atoms with Gasteiger partial charge in [-0.2, -0.15) is 0 Å². The largest absolute Gasteiger partial charge is 0.382 e. The number of nitrogens with one attached hydrogen (secondary N) is 1. The van der Waals surface area contributed by atoms with Crippen LogP contribution >= 0.6 is 11.6 Å². The van der Waals surface area contributed by atoms with E-state index in [1.54, 1.807) is 12.1 Å². The molecule has 0 spiro atoms. The molecule has 2 aromatic rings. The highest BCUT2D eigenvalue weighted by Gasteiger charge is 2.14. The Bertz CT molecular complexity index is 645. The van der Waals surface area contributed by atoms with E-state index in [2.05, 4.69) is 22.2 Å². The van der Waals surface area contributed by atoms with E-state index in [1.165, 1.54) is 6.20 Å². The molecule has 0 atom stereocenters. The summed E-state index contributed by atoms with van der Waals surface area (Å²) in [6.45, 7) is 2.65. The first-order chi connectivity index (χ1) is 10.1. The van der Waals surface area contributed by atoms with Crippen LogP contribution in [-0.2, 0) is 0 Å². The van der Waals surface area contributed by atoms with Gasteiger partial charge in [-0.3, -0.25) is 4.79 Å². The fourth-order valence-electron chi connectivity index (χ4n) is 1.81. The summed E-state index contributed by atoms with van der Waals surface area (Å²) in [5, 5.41) is 3.38. The van der Waals surface area contributed by atoms with Crippen molar-refractivity contribution < 1.29 is 4.79 Å². The third kappa shape index (κ3) is 3.92. The minimum absolute atomic E-state index is 0.120. The molecule has 0 saturated carbocycles. The zero-order valence-electron chi connectivity index (χ0n) is 11.8. The lowest BCUT2D eigenvalue weighted by Crippen LogP contribution is -2.26. The number of amides is 1. The number of carbonyl (C=O) groups excluding carboxylic acids is 1. The Balaban J connectivity index is 2.27. The van der Waals surface area contributed by atoms with Crippen molar-refractivity contribution in [3.8, 4) is 11.3 Å². The second kappa shape index (κ2) is 7.04. The van der Waals surface area contributed by atoms with Crippen LogP contribution in [0.5, 0.6) is 0 Å². The standard InChI is InChI=1S/C15H17ClN4O/c1-2-3-7-18-15(21)13-14(17)19-9-12(20-13)10-5-4-6-11(16)8-10/h4-6,8-9H,2-3,7H2,1H3,(H2,17,19)(H,18,21). The zero-order valence-corrected chi connectivity index (χ0v) is 12.5. The molecular formula is C15H17ClN4O. The van der Waals surface area contributed by atoms with Crippen molar-refractivity contribution in [2.24, 2.45) is 0 Å². The van der Waals surface area contributed by atoms with Gasteiger partial charge in [0.2, 0.25) is 0 Å². The van der Waals surface area contributed by atoms with Gasteiger partial charge in [-0.25, -0.2) is 9.97 Å². The predicted molar refractivity (Wildman–Crippen MR) is 84.1 cm³/mol. The van der Waals surface area contributed by atoms with E-state index < -0.39 is 0 Å². The third-order valence-corrected chi connectivity index (χ3v) is 3.19. The van der Waals surface area contributed by atoms with Crippen molar-refractivity contribution in [1.29, 1.82) is 0 Å². The molecule has 0 radical (unpaired) electrons. The normalized spacial score (nSPS) is 10.4. The molecule has 0 saturated heterocycles. The molecule has 21 heavy (non-hydrogen) atoms. The van der Waals surface area contributed by atoms with Crippen LogP contribution in [0.4, 0.5) is 5.82 Å². The number of rotatable bonds is 5. The SMILES string of the molecule is CCCCNC(=O)c1nc(-c2cccc(Cl)c2)cnc1N. The molecule has 0 unspecified atom stereocenters. The maximum absolute atomic E-state index is 12.1.